The van der Waals surface area contributed by atoms with Gasteiger partial charge in [-0.25, -0.2) is 0 Å². The molecule has 330 valence electrons. The van der Waals surface area contributed by atoms with E-state index in [9.17, 15) is 30.0 Å². The second-order valence-corrected chi connectivity index (χ2v) is 15.5. The van der Waals surface area contributed by atoms with Gasteiger partial charge in [-0.15, -0.1) is 0 Å². The van der Waals surface area contributed by atoms with E-state index in [0.717, 1.165) is 44.9 Å². The quantitative estimate of drug-likeness (QED) is 0.0271. The summed E-state index contributed by atoms with van der Waals surface area (Å²) in [6.07, 6.45) is 37.0. The van der Waals surface area contributed by atoms with Crippen LogP contribution in [0.2, 0.25) is 0 Å². The lowest BCUT2D eigenvalue weighted by Gasteiger charge is -2.39. The molecule has 0 aromatic rings. The zero-order valence-electron chi connectivity index (χ0n) is 35.8. The fraction of sp³-hybridized carbons (Fsp3) is 0.787. The summed E-state index contributed by atoms with van der Waals surface area (Å²) >= 11 is 0. The zero-order chi connectivity index (χ0) is 41.6. The van der Waals surface area contributed by atoms with E-state index in [1.165, 1.54) is 96.3 Å². The van der Waals surface area contributed by atoms with Crippen LogP contribution in [0.5, 0.6) is 0 Å². The van der Waals surface area contributed by atoms with Crippen molar-refractivity contribution >= 4 is 11.9 Å². The van der Waals surface area contributed by atoms with E-state index in [2.05, 4.69) is 62.5 Å². The summed E-state index contributed by atoms with van der Waals surface area (Å²) in [6.45, 7) is 3.35. The Morgan fingerprint density at radius 2 is 1.00 bits per heavy atom. The topological polar surface area (TPSA) is 152 Å². The van der Waals surface area contributed by atoms with Crippen LogP contribution in [-0.4, -0.2) is 89.0 Å². The molecule has 0 aromatic heterocycles. The number of allylic oxidation sites excluding steroid dienone is 8. The summed E-state index contributed by atoms with van der Waals surface area (Å²) in [5.74, 6) is -0.872. The van der Waals surface area contributed by atoms with Gasteiger partial charge >= 0.3 is 11.9 Å². The smallest absolute Gasteiger partial charge is 0.306 e. The Labute approximate surface area is 346 Å². The summed E-state index contributed by atoms with van der Waals surface area (Å²) in [5.41, 5.74) is 0. The molecule has 1 rings (SSSR count). The van der Waals surface area contributed by atoms with Gasteiger partial charge in [0.2, 0.25) is 0 Å². The second kappa shape index (κ2) is 37.9. The van der Waals surface area contributed by atoms with Gasteiger partial charge in [0.25, 0.3) is 0 Å². The molecular formula is C47H82O10. The molecular weight excluding hydrogens is 725 g/mol. The van der Waals surface area contributed by atoms with Crippen LogP contribution in [-0.2, 0) is 28.5 Å². The Morgan fingerprint density at radius 3 is 1.53 bits per heavy atom. The average molecular weight is 807 g/mol. The number of rotatable bonds is 37. The van der Waals surface area contributed by atoms with Crippen molar-refractivity contribution in [1.29, 1.82) is 0 Å². The molecule has 0 aromatic carbocycles. The minimum atomic E-state index is -1.60. The van der Waals surface area contributed by atoms with Gasteiger partial charge in [-0.2, -0.15) is 0 Å². The van der Waals surface area contributed by atoms with Gasteiger partial charge in [-0.05, 0) is 51.4 Å². The van der Waals surface area contributed by atoms with E-state index in [1.807, 2.05) is 0 Å². The minimum Gasteiger partial charge on any atom is -0.462 e. The van der Waals surface area contributed by atoms with Crippen LogP contribution in [0.1, 0.15) is 181 Å². The van der Waals surface area contributed by atoms with E-state index in [4.69, 9.17) is 18.9 Å². The minimum absolute atomic E-state index is 0.200. The molecule has 0 radical (unpaired) electrons. The van der Waals surface area contributed by atoms with Gasteiger partial charge in [-0.3, -0.25) is 9.59 Å². The van der Waals surface area contributed by atoms with Crippen LogP contribution in [0.15, 0.2) is 48.6 Å². The molecule has 57 heavy (non-hydrogen) atoms. The molecule has 0 spiro atoms. The normalized spacial score (nSPS) is 20.7. The molecule has 1 heterocycles. The Bertz CT molecular complexity index is 1070. The van der Waals surface area contributed by atoms with Crippen LogP contribution in [0, 0.1) is 0 Å². The molecule has 0 saturated carbocycles. The maximum atomic E-state index is 12.7. The van der Waals surface area contributed by atoms with Crippen molar-refractivity contribution < 1.29 is 49.0 Å². The maximum absolute atomic E-state index is 12.7. The van der Waals surface area contributed by atoms with E-state index in [0.29, 0.717) is 12.8 Å². The molecule has 4 N–H and O–H groups in total. The van der Waals surface area contributed by atoms with Gasteiger partial charge < -0.3 is 39.4 Å². The number of esters is 2. The van der Waals surface area contributed by atoms with Crippen LogP contribution in [0.25, 0.3) is 0 Å². The van der Waals surface area contributed by atoms with E-state index < -0.39 is 55.4 Å². The highest BCUT2D eigenvalue weighted by Gasteiger charge is 2.44. The Balaban J connectivity index is 2.34. The lowest BCUT2D eigenvalue weighted by molar-refractivity contribution is -0.305. The zero-order valence-corrected chi connectivity index (χ0v) is 35.8. The summed E-state index contributed by atoms with van der Waals surface area (Å²) in [5, 5.41) is 40.0. The number of aliphatic hydroxyl groups is 4. The Hall–Kier alpha value is -2.34. The number of hydrogen-bond acceptors (Lipinski definition) is 10. The number of carbonyl (C=O) groups excluding carboxylic acids is 2. The van der Waals surface area contributed by atoms with Gasteiger partial charge in [-0.1, -0.05) is 165 Å². The predicted octanol–water partition coefficient (Wildman–Crippen LogP) is 9.67. The molecule has 0 amide bonds. The van der Waals surface area contributed by atoms with Crippen molar-refractivity contribution in [3.05, 3.63) is 48.6 Å². The Kier molecular flexibility index (Phi) is 35.0. The van der Waals surface area contributed by atoms with Crippen LogP contribution in [0.4, 0.5) is 0 Å². The lowest BCUT2D eigenvalue weighted by atomic mass is 9.99. The van der Waals surface area contributed by atoms with Crippen molar-refractivity contribution in [1.82, 2.24) is 0 Å². The summed E-state index contributed by atoms with van der Waals surface area (Å²) < 4.78 is 22.1. The molecule has 2 unspecified atom stereocenters. The van der Waals surface area contributed by atoms with Gasteiger partial charge in [0.1, 0.15) is 31.0 Å². The first-order valence-corrected chi connectivity index (χ1v) is 22.7. The molecule has 6 atom stereocenters. The van der Waals surface area contributed by atoms with Crippen molar-refractivity contribution in [3.8, 4) is 0 Å². The van der Waals surface area contributed by atoms with Crippen molar-refractivity contribution in [2.24, 2.45) is 0 Å². The average Bonchev–Trinajstić information content (AvgIpc) is 3.21. The third-order valence-corrected chi connectivity index (χ3v) is 10.2. The fourth-order valence-corrected chi connectivity index (χ4v) is 6.59. The summed E-state index contributed by atoms with van der Waals surface area (Å²) in [6, 6.07) is 0. The third-order valence-electron chi connectivity index (χ3n) is 10.2. The highest BCUT2D eigenvalue weighted by atomic mass is 16.7. The van der Waals surface area contributed by atoms with Crippen molar-refractivity contribution in [3.63, 3.8) is 0 Å². The predicted molar refractivity (Wildman–Crippen MR) is 229 cm³/mol. The molecule has 0 bridgehead atoms. The first kappa shape index (κ1) is 52.7. The van der Waals surface area contributed by atoms with Crippen LogP contribution in [0.3, 0.4) is 0 Å². The van der Waals surface area contributed by atoms with Gasteiger partial charge in [0.05, 0.1) is 13.2 Å². The molecule has 0 aliphatic carbocycles. The summed E-state index contributed by atoms with van der Waals surface area (Å²) in [4.78, 5) is 25.3. The molecule has 1 aliphatic heterocycles. The lowest BCUT2D eigenvalue weighted by Crippen LogP contribution is -2.59. The second-order valence-electron chi connectivity index (χ2n) is 15.5. The number of unbranched alkanes of at least 4 members (excludes halogenated alkanes) is 18. The van der Waals surface area contributed by atoms with E-state index in [1.54, 1.807) is 0 Å². The summed E-state index contributed by atoms with van der Waals surface area (Å²) in [7, 11) is 0. The van der Waals surface area contributed by atoms with Gasteiger partial charge in [0.15, 0.2) is 12.4 Å². The number of aliphatic hydroxyl groups excluding tert-OH is 4. The fourth-order valence-electron chi connectivity index (χ4n) is 6.59. The standard InChI is InChI=1S/C47H82O10/c1-3-5-7-9-11-13-15-16-17-18-19-20-21-22-23-24-26-27-29-31-33-35-42(49)54-38-40(39-55-47-46(53)45(52)44(51)41(37-48)57-47)56-43(50)36-34-32-30-28-25-14-12-10-8-6-4-2/h17-18,20-21,23-24,27,29,40-41,44-48,51-53H,3-16,19,22,25-26,28,30-39H2,1-2H3/b18-17+,21-20+,24-23+,29-27+/t40-,41-,44+,45?,46?,47-/m0/s1. The highest BCUT2D eigenvalue weighted by Crippen LogP contribution is 2.22. The van der Waals surface area contributed by atoms with Gasteiger partial charge in [0, 0.05) is 12.8 Å². The maximum Gasteiger partial charge on any atom is 0.306 e. The molecule has 10 nitrogen and oxygen atoms in total. The van der Waals surface area contributed by atoms with E-state index in [-0.39, 0.29) is 26.1 Å². The molecule has 10 heteroatoms. The largest absolute Gasteiger partial charge is 0.462 e. The molecule has 1 saturated heterocycles. The monoisotopic (exact) mass is 807 g/mol. The van der Waals surface area contributed by atoms with Crippen molar-refractivity contribution in [2.45, 2.75) is 218 Å². The number of hydrogen-bond donors (Lipinski definition) is 4. The van der Waals surface area contributed by atoms with Crippen molar-refractivity contribution in [2.75, 3.05) is 19.8 Å². The molecule has 1 aliphatic rings. The third kappa shape index (κ3) is 29.5. The number of ether oxygens (including phenoxy) is 4. The first-order chi connectivity index (χ1) is 27.8. The molecule has 1 fully saturated rings. The van der Waals surface area contributed by atoms with Crippen LogP contribution < -0.4 is 0 Å². The Morgan fingerprint density at radius 1 is 0.544 bits per heavy atom. The van der Waals surface area contributed by atoms with Crippen LogP contribution >= 0.6 is 0 Å². The first-order valence-electron chi connectivity index (χ1n) is 22.7. The van der Waals surface area contributed by atoms with E-state index >= 15 is 0 Å². The SMILES string of the molecule is CCCCCCCCC/C=C/C/C=C/C/C=C/C/C=C/CCCC(=O)OC[C@@H](CO[C@H]1O[C@@H](CO)[C@@H](O)C(O)C1O)OC(=O)CCCCCCCCCCCCC. The highest BCUT2D eigenvalue weighted by molar-refractivity contribution is 5.70. The number of carbonyl (C=O) groups is 2.